The maximum atomic E-state index is 10.7. The molecule has 2 N–H and O–H groups in total. The van der Waals surface area contributed by atoms with Crippen molar-refractivity contribution < 1.29 is 14.6 Å². The molecule has 0 spiro atoms. The van der Waals surface area contributed by atoms with Crippen LogP contribution in [0.5, 0.6) is 0 Å². The van der Waals surface area contributed by atoms with Crippen molar-refractivity contribution in [2.75, 3.05) is 11.9 Å². The normalized spacial score (nSPS) is 16.8. The van der Waals surface area contributed by atoms with Gasteiger partial charge < -0.3 is 15.2 Å². The number of halogens is 1. The van der Waals surface area contributed by atoms with Crippen LogP contribution in [0, 0.1) is 0 Å². The van der Waals surface area contributed by atoms with E-state index in [-0.39, 0.29) is 6.42 Å². The summed E-state index contributed by atoms with van der Waals surface area (Å²) in [5.74, 6) is -0.379. The average Bonchev–Trinajstić information content (AvgIpc) is 3.10. The van der Waals surface area contributed by atoms with Gasteiger partial charge in [-0.1, -0.05) is 23.7 Å². The Morgan fingerprint density at radius 3 is 2.84 bits per heavy atom. The minimum absolute atomic E-state index is 0.00507. The van der Waals surface area contributed by atoms with Gasteiger partial charge in [0.25, 0.3) is 0 Å². The second-order valence-electron chi connectivity index (χ2n) is 6.05. The molecule has 0 saturated carbocycles. The summed E-state index contributed by atoms with van der Waals surface area (Å²) in [6.07, 6.45) is 5.76. The molecule has 132 valence electrons. The van der Waals surface area contributed by atoms with Crippen LogP contribution >= 0.6 is 11.6 Å². The zero-order chi connectivity index (χ0) is 17.6. The van der Waals surface area contributed by atoms with E-state index in [1.165, 1.54) is 0 Å². The number of nitrogens with zero attached hydrogens (tertiary/aromatic N) is 2. The number of carboxylic acids is 1. The monoisotopic (exact) mass is 361 g/mol. The number of nitrogens with one attached hydrogen (secondary N) is 1. The molecule has 1 aromatic carbocycles. The van der Waals surface area contributed by atoms with Gasteiger partial charge in [0.2, 0.25) is 5.95 Å². The minimum Gasteiger partial charge on any atom is -0.481 e. The van der Waals surface area contributed by atoms with E-state index in [1.54, 1.807) is 18.3 Å². The van der Waals surface area contributed by atoms with Gasteiger partial charge in [-0.15, -0.1) is 0 Å². The molecule has 2 heterocycles. The van der Waals surface area contributed by atoms with Crippen molar-refractivity contribution >= 4 is 29.2 Å². The zero-order valence-corrected chi connectivity index (χ0v) is 14.5. The minimum atomic E-state index is -0.849. The van der Waals surface area contributed by atoms with E-state index < -0.39 is 5.97 Å². The van der Waals surface area contributed by atoms with Gasteiger partial charge in [-0.05, 0) is 43.4 Å². The Labute approximate surface area is 151 Å². The number of carbonyl (C=O) groups is 1. The second kappa shape index (κ2) is 8.27. The molecule has 1 atom stereocenters. The highest BCUT2D eigenvalue weighted by Crippen LogP contribution is 2.22. The molecule has 1 fully saturated rings. The fraction of sp³-hybridized carbons (Fsp3) is 0.389. The molecular formula is C18H20ClN3O3. The van der Waals surface area contributed by atoms with Crippen molar-refractivity contribution in [2.45, 2.75) is 38.2 Å². The van der Waals surface area contributed by atoms with Crippen LogP contribution in [0.1, 0.15) is 30.5 Å². The molecule has 0 aliphatic carbocycles. The molecule has 1 saturated heterocycles. The van der Waals surface area contributed by atoms with E-state index in [4.69, 9.17) is 21.4 Å². The van der Waals surface area contributed by atoms with Gasteiger partial charge in [0.1, 0.15) is 0 Å². The van der Waals surface area contributed by atoms with Gasteiger partial charge in [-0.3, -0.25) is 4.79 Å². The number of aliphatic carboxylic acids is 1. The smallest absolute Gasteiger partial charge is 0.307 e. The molecule has 2 aromatic rings. The van der Waals surface area contributed by atoms with E-state index in [9.17, 15) is 4.79 Å². The first kappa shape index (κ1) is 17.6. The summed E-state index contributed by atoms with van der Waals surface area (Å²) in [4.78, 5) is 19.4. The molecular weight excluding hydrogens is 342 g/mol. The molecule has 1 aliphatic rings. The van der Waals surface area contributed by atoms with Gasteiger partial charge in [0.15, 0.2) is 0 Å². The van der Waals surface area contributed by atoms with Crippen molar-refractivity contribution in [3.05, 3.63) is 46.7 Å². The number of benzene rings is 1. The lowest BCUT2D eigenvalue weighted by atomic mass is 10.1. The summed E-state index contributed by atoms with van der Waals surface area (Å²) in [6.45, 7) is 0.840. The summed E-state index contributed by atoms with van der Waals surface area (Å²) in [6, 6.07) is 7.15. The summed E-state index contributed by atoms with van der Waals surface area (Å²) in [7, 11) is 0. The van der Waals surface area contributed by atoms with E-state index >= 15 is 0 Å². The third-order valence-electron chi connectivity index (χ3n) is 4.11. The molecule has 0 radical (unpaired) electrons. The zero-order valence-electron chi connectivity index (χ0n) is 13.7. The number of hydrogen-bond donors (Lipinski definition) is 2. The van der Waals surface area contributed by atoms with Crippen molar-refractivity contribution in [3.63, 3.8) is 0 Å². The molecule has 1 unspecified atom stereocenters. The summed E-state index contributed by atoms with van der Waals surface area (Å²) in [5, 5.41) is 12.5. The quantitative estimate of drug-likeness (QED) is 0.783. The fourth-order valence-electron chi connectivity index (χ4n) is 2.82. The Morgan fingerprint density at radius 1 is 1.36 bits per heavy atom. The van der Waals surface area contributed by atoms with Gasteiger partial charge in [-0.25, -0.2) is 9.97 Å². The number of anilines is 2. The van der Waals surface area contributed by atoms with Crippen LogP contribution in [0.3, 0.4) is 0 Å². The van der Waals surface area contributed by atoms with Crippen molar-refractivity contribution in [3.8, 4) is 0 Å². The highest BCUT2D eigenvalue weighted by Gasteiger charge is 2.16. The lowest BCUT2D eigenvalue weighted by Crippen LogP contribution is -2.08. The maximum absolute atomic E-state index is 10.7. The lowest BCUT2D eigenvalue weighted by molar-refractivity contribution is -0.136. The van der Waals surface area contributed by atoms with Gasteiger partial charge in [-0.2, -0.15) is 0 Å². The first-order chi connectivity index (χ1) is 12.1. The SMILES string of the molecule is O=C(O)Cc1ccc(Nc2ncc(Cl)c(CCC3CCCO3)n2)cc1. The molecule has 25 heavy (non-hydrogen) atoms. The topological polar surface area (TPSA) is 84.3 Å². The Balaban J connectivity index is 1.63. The largest absolute Gasteiger partial charge is 0.481 e. The number of aromatic nitrogens is 2. The van der Waals surface area contributed by atoms with Crippen LogP contribution in [0.4, 0.5) is 11.6 Å². The molecule has 1 aromatic heterocycles. The van der Waals surface area contributed by atoms with E-state index in [1.807, 2.05) is 12.1 Å². The third-order valence-corrected chi connectivity index (χ3v) is 4.42. The summed E-state index contributed by atoms with van der Waals surface area (Å²) in [5.41, 5.74) is 2.34. The average molecular weight is 362 g/mol. The second-order valence-corrected chi connectivity index (χ2v) is 6.46. The van der Waals surface area contributed by atoms with Crippen LogP contribution in [0.2, 0.25) is 5.02 Å². The molecule has 1 aliphatic heterocycles. The van der Waals surface area contributed by atoms with Crippen LogP contribution in [0.15, 0.2) is 30.5 Å². The van der Waals surface area contributed by atoms with Crippen LogP contribution < -0.4 is 5.32 Å². The first-order valence-corrected chi connectivity index (χ1v) is 8.69. The van der Waals surface area contributed by atoms with Crippen molar-refractivity contribution in [1.82, 2.24) is 9.97 Å². The van der Waals surface area contributed by atoms with Crippen LogP contribution in [0.25, 0.3) is 0 Å². The number of aryl methyl sites for hydroxylation is 1. The van der Waals surface area contributed by atoms with Gasteiger partial charge >= 0.3 is 5.97 Å². The predicted octanol–water partition coefficient (Wildman–Crippen LogP) is 3.61. The fourth-order valence-corrected chi connectivity index (χ4v) is 3.00. The Bertz CT molecular complexity index is 731. The number of rotatable bonds is 7. The molecule has 0 bridgehead atoms. The first-order valence-electron chi connectivity index (χ1n) is 8.31. The standard InChI is InChI=1S/C18H20ClN3O3/c19-15-11-20-18(22-16(15)8-7-14-2-1-9-25-14)21-13-5-3-12(4-6-13)10-17(23)24/h3-6,11,14H,1-2,7-10H2,(H,23,24)(H,20,21,22). The van der Waals surface area contributed by atoms with E-state index in [2.05, 4.69) is 15.3 Å². The Kier molecular flexibility index (Phi) is 5.83. The van der Waals surface area contributed by atoms with Gasteiger partial charge in [0.05, 0.1) is 29.4 Å². The lowest BCUT2D eigenvalue weighted by Gasteiger charge is -2.11. The Hall–Kier alpha value is -2.18. The summed E-state index contributed by atoms with van der Waals surface area (Å²) < 4.78 is 5.64. The van der Waals surface area contributed by atoms with Crippen LogP contribution in [-0.2, 0) is 22.4 Å². The van der Waals surface area contributed by atoms with E-state index in [0.29, 0.717) is 17.1 Å². The molecule has 0 amide bonds. The molecule has 3 rings (SSSR count). The van der Waals surface area contributed by atoms with Crippen molar-refractivity contribution in [2.24, 2.45) is 0 Å². The highest BCUT2D eigenvalue weighted by molar-refractivity contribution is 6.31. The number of ether oxygens (including phenoxy) is 1. The Morgan fingerprint density at radius 2 is 2.16 bits per heavy atom. The van der Waals surface area contributed by atoms with Crippen molar-refractivity contribution in [1.29, 1.82) is 0 Å². The van der Waals surface area contributed by atoms with Gasteiger partial charge in [0, 0.05) is 12.3 Å². The van der Waals surface area contributed by atoms with Crippen LogP contribution in [-0.4, -0.2) is 33.8 Å². The molecule has 7 heteroatoms. The molecule has 6 nitrogen and oxygen atoms in total. The third kappa shape index (κ3) is 5.14. The number of hydrogen-bond acceptors (Lipinski definition) is 5. The maximum Gasteiger partial charge on any atom is 0.307 e. The summed E-state index contributed by atoms with van der Waals surface area (Å²) >= 11 is 6.20. The highest BCUT2D eigenvalue weighted by atomic mass is 35.5. The number of carboxylic acid groups (broad SMARTS) is 1. The van der Waals surface area contributed by atoms with E-state index in [0.717, 1.165) is 49.2 Å². The predicted molar refractivity (Wildman–Crippen MR) is 95.4 cm³/mol.